The third kappa shape index (κ3) is 4.81. The maximum absolute atomic E-state index is 6.08. The molecule has 0 aliphatic carbocycles. The van der Waals surface area contributed by atoms with Crippen LogP contribution in [0.15, 0.2) is 41.4 Å². The molecule has 2 aromatic rings. The van der Waals surface area contributed by atoms with Crippen LogP contribution >= 0.6 is 24.0 Å². The first-order valence-corrected chi connectivity index (χ1v) is 9.48. The van der Waals surface area contributed by atoms with Crippen LogP contribution in [0.25, 0.3) is 0 Å². The van der Waals surface area contributed by atoms with Crippen molar-refractivity contribution in [2.45, 2.75) is 25.8 Å². The number of guanidine groups is 1. The topological polar surface area (TPSA) is 72.1 Å². The smallest absolute Gasteiger partial charge is 0.193 e. The predicted molar refractivity (Wildman–Crippen MR) is 124 cm³/mol. The Hall–Kier alpha value is -2.16. The van der Waals surface area contributed by atoms with Crippen molar-refractivity contribution in [1.82, 2.24) is 0 Å². The van der Waals surface area contributed by atoms with Crippen LogP contribution in [0.4, 0.5) is 11.4 Å². The highest BCUT2D eigenvalue weighted by atomic mass is 127. The fourth-order valence-electron chi connectivity index (χ4n) is 3.54. The van der Waals surface area contributed by atoms with Crippen LogP contribution in [-0.4, -0.2) is 32.8 Å². The van der Waals surface area contributed by atoms with E-state index in [1.54, 1.807) is 0 Å². The van der Waals surface area contributed by atoms with E-state index in [4.69, 9.17) is 15.2 Å². The lowest BCUT2D eigenvalue weighted by Crippen LogP contribution is -2.24. The van der Waals surface area contributed by atoms with Crippen molar-refractivity contribution in [3.63, 3.8) is 0 Å². The average Bonchev–Trinajstić information content (AvgIpc) is 2.91. The molecule has 0 amide bonds. The molecule has 0 atom stereocenters. The Morgan fingerprint density at radius 3 is 2.79 bits per heavy atom. The summed E-state index contributed by atoms with van der Waals surface area (Å²) in [6, 6.07) is 12.3. The summed E-state index contributed by atoms with van der Waals surface area (Å²) in [5.74, 6) is 1.90. The summed E-state index contributed by atoms with van der Waals surface area (Å²) >= 11 is 0. The molecule has 0 aromatic heterocycles. The number of aryl methyl sites for hydroxylation is 1. The largest absolute Gasteiger partial charge is 0.490 e. The molecule has 0 unspecified atom stereocenters. The fraction of sp³-hybridized carbons (Fsp3) is 0.381. The first-order valence-electron chi connectivity index (χ1n) is 9.48. The third-order valence-corrected chi connectivity index (χ3v) is 4.95. The van der Waals surface area contributed by atoms with Crippen molar-refractivity contribution in [2.75, 3.05) is 37.0 Å². The lowest BCUT2D eigenvalue weighted by Gasteiger charge is -2.27. The molecule has 3 N–H and O–H groups in total. The van der Waals surface area contributed by atoms with Crippen LogP contribution in [0, 0.1) is 0 Å². The minimum Gasteiger partial charge on any atom is -0.490 e. The molecule has 0 saturated heterocycles. The Bertz CT molecular complexity index is 856. The summed E-state index contributed by atoms with van der Waals surface area (Å²) < 4.78 is 11.4. The molecule has 150 valence electrons. The first kappa shape index (κ1) is 20.6. The van der Waals surface area contributed by atoms with Crippen molar-refractivity contribution in [2.24, 2.45) is 10.7 Å². The van der Waals surface area contributed by atoms with Crippen LogP contribution in [-0.2, 0) is 13.0 Å². The standard InChI is InChI=1S/C21H26N4O2.HI/c1-25-9-2-4-16-12-15(5-7-18(16)25)14-23-21(22)24-17-6-8-19-20(13-17)27-11-3-10-26-19;/h5-8,12-13H,2-4,9-11,14H2,1H3,(H3,22,23,24);1H. The first-order chi connectivity index (χ1) is 13.2. The monoisotopic (exact) mass is 494 g/mol. The molecule has 2 aromatic carbocycles. The van der Waals surface area contributed by atoms with Crippen molar-refractivity contribution < 1.29 is 9.47 Å². The van der Waals surface area contributed by atoms with Gasteiger partial charge in [-0.2, -0.15) is 0 Å². The molecule has 2 heterocycles. The van der Waals surface area contributed by atoms with Gasteiger partial charge in [-0.25, -0.2) is 4.99 Å². The van der Waals surface area contributed by atoms with Gasteiger partial charge in [-0.1, -0.05) is 12.1 Å². The molecule has 7 heteroatoms. The van der Waals surface area contributed by atoms with Crippen LogP contribution in [0.2, 0.25) is 0 Å². The highest BCUT2D eigenvalue weighted by molar-refractivity contribution is 14.0. The SMILES string of the molecule is CN1CCCc2cc(CN=C(N)Nc3ccc4c(c3)OCCCO4)ccc21.I. The molecule has 0 saturated carbocycles. The van der Waals surface area contributed by atoms with Crippen molar-refractivity contribution in [1.29, 1.82) is 0 Å². The third-order valence-electron chi connectivity index (χ3n) is 4.95. The zero-order valence-corrected chi connectivity index (χ0v) is 18.4. The van der Waals surface area contributed by atoms with Crippen molar-refractivity contribution in [3.8, 4) is 11.5 Å². The molecule has 2 aliphatic rings. The molecule has 0 spiro atoms. The Labute approximate surface area is 183 Å². The molecule has 2 aliphatic heterocycles. The molecule has 28 heavy (non-hydrogen) atoms. The van der Waals surface area contributed by atoms with Gasteiger partial charge in [0.2, 0.25) is 0 Å². The molecule has 6 nitrogen and oxygen atoms in total. The van der Waals surface area contributed by atoms with Gasteiger partial charge in [0.15, 0.2) is 17.5 Å². The van der Waals surface area contributed by atoms with E-state index < -0.39 is 0 Å². The van der Waals surface area contributed by atoms with Gasteiger partial charge >= 0.3 is 0 Å². The quantitative estimate of drug-likeness (QED) is 0.386. The van der Waals surface area contributed by atoms with E-state index in [2.05, 4.69) is 40.5 Å². The van der Waals surface area contributed by atoms with E-state index in [0.29, 0.717) is 25.7 Å². The van der Waals surface area contributed by atoms with Gasteiger partial charge in [0.25, 0.3) is 0 Å². The number of anilines is 2. The normalized spacial score (nSPS) is 15.9. The van der Waals surface area contributed by atoms with Crippen LogP contribution in [0.1, 0.15) is 24.0 Å². The molecule has 0 radical (unpaired) electrons. The fourth-order valence-corrected chi connectivity index (χ4v) is 3.54. The van der Waals surface area contributed by atoms with Crippen LogP contribution < -0.4 is 25.4 Å². The number of nitrogens with one attached hydrogen (secondary N) is 1. The Morgan fingerprint density at radius 2 is 1.93 bits per heavy atom. The maximum Gasteiger partial charge on any atom is 0.193 e. The number of hydrogen-bond acceptors (Lipinski definition) is 4. The average molecular weight is 494 g/mol. The zero-order valence-electron chi connectivity index (χ0n) is 16.1. The molecule has 0 bridgehead atoms. The minimum atomic E-state index is 0. The second kappa shape index (κ2) is 9.36. The Morgan fingerprint density at radius 1 is 1.11 bits per heavy atom. The van der Waals surface area contributed by atoms with E-state index >= 15 is 0 Å². The zero-order chi connectivity index (χ0) is 18.6. The van der Waals surface area contributed by atoms with Gasteiger partial charge in [-0.15, -0.1) is 24.0 Å². The number of ether oxygens (including phenoxy) is 2. The molecular weight excluding hydrogens is 467 g/mol. The summed E-state index contributed by atoms with van der Waals surface area (Å²) in [6.45, 7) is 3.02. The summed E-state index contributed by atoms with van der Waals surface area (Å²) in [5, 5.41) is 3.14. The summed E-state index contributed by atoms with van der Waals surface area (Å²) in [4.78, 5) is 6.80. The lowest BCUT2D eigenvalue weighted by molar-refractivity contribution is 0.297. The van der Waals surface area contributed by atoms with Gasteiger partial charge < -0.3 is 25.4 Å². The Kier molecular flexibility index (Phi) is 6.88. The number of aliphatic imine (C=N–C) groups is 1. The number of halogens is 1. The van der Waals surface area contributed by atoms with Gasteiger partial charge in [0, 0.05) is 37.5 Å². The van der Waals surface area contributed by atoms with Gasteiger partial charge in [0.05, 0.1) is 19.8 Å². The van der Waals surface area contributed by atoms with Crippen LogP contribution in [0.3, 0.4) is 0 Å². The van der Waals surface area contributed by atoms with E-state index in [9.17, 15) is 0 Å². The number of fused-ring (bicyclic) bond motifs is 2. The van der Waals surface area contributed by atoms with Crippen LogP contribution in [0.5, 0.6) is 11.5 Å². The van der Waals surface area contributed by atoms with E-state index in [-0.39, 0.29) is 24.0 Å². The maximum atomic E-state index is 6.08. The van der Waals surface area contributed by atoms with E-state index in [1.165, 1.54) is 23.2 Å². The minimum absolute atomic E-state index is 0. The Balaban J connectivity index is 0.00000225. The van der Waals surface area contributed by atoms with E-state index in [1.807, 2.05) is 18.2 Å². The van der Waals surface area contributed by atoms with Gasteiger partial charge in [-0.3, -0.25) is 0 Å². The molecular formula is C21H27IN4O2. The number of nitrogens with zero attached hydrogens (tertiary/aromatic N) is 2. The molecule has 0 fully saturated rings. The van der Waals surface area contributed by atoms with Gasteiger partial charge in [0.1, 0.15) is 0 Å². The highest BCUT2D eigenvalue weighted by Crippen LogP contribution is 2.32. The summed E-state index contributed by atoms with van der Waals surface area (Å²) in [5.41, 5.74) is 10.8. The number of benzene rings is 2. The number of nitrogens with two attached hydrogens (primary N) is 1. The number of rotatable bonds is 3. The highest BCUT2D eigenvalue weighted by Gasteiger charge is 2.14. The second-order valence-corrected chi connectivity index (χ2v) is 7.03. The lowest BCUT2D eigenvalue weighted by atomic mass is 10.00. The summed E-state index contributed by atoms with van der Waals surface area (Å²) in [7, 11) is 2.15. The van der Waals surface area contributed by atoms with E-state index in [0.717, 1.165) is 36.6 Å². The molecule has 4 rings (SSSR count). The van der Waals surface area contributed by atoms with Crippen molar-refractivity contribution in [3.05, 3.63) is 47.5 Å². The predicted octanol–water partition coefficient (Wildman–Crippen LogP) is 3.78. The number of hydrogen-bond donors (Lipinski definition) is 2. The summed E-state index contributed by atoms with van der Waals surface area (Å²) in [6.07, 6.45) is 3.21. The second-order valence-electron chi connectivity index (χ2n) is 7.03. The van der Waals surface area contributed by atoms with Gasteiger partial charge in [-0.05, 0) is 42.2 Å². The van der Waals surface area contributed by atoms with Crippen molar-refractivity contribution >= 4 is 41.3 Å².